The molecule has 0 aromatic carbocycles. The second kappa shape index (κ2) is 5.50. The molecule has 0 aliphatic carbocycles. The molecule has 3 N–H and O–H groups in total. The van der Waals surface area contributed by atoms with Crippen molar-refractivity contribution in [3.8, 4) is 0 Å². The molecule has 0 aromatic heterocycles. The zero-order valence-electron chi connectivity index (χ0n) is 8.25. The van der Waals surface area contributed by atoms with Crippen molar-refractivity contribution in [1.29, 1.82) is 5.41 Å². The van der Waals surface area contributed by atoms with Gasteiger partial charge < -0.3 is 10.6 Å². The molecule has 1 aliphatic heterocycles. The van der Waals surface area contributed by atoms with Crippen LogP contribution in [0.1, 0.15) is 13.3 Å². The van der Waals surface area contributed by atoms with Crippen molar-refractivity contribution in [2.75, 3.05) is 31.1 Å². The Morgan fingerprint density at radius 1 is 1.54 bits per heavy atom. The first-order chi connectivity index (χ1) is 6.20. The van der Waals surface area contributed by atoms with Crippen LogP contribution in [0.2, 0.25) is 0 Å². The molecule has 3 nitrogen and oxygen atoms in total. The van der Waals surface area contributed by atoms with Crippen molar-refractivity contribution in [1.82, 2.24) is 4.90 Å². The van der Waals surface area contributed by atoms with E-state index in [4.69, 9.17) is 11.1 Å². The van der Waals surface area contributed by atoms with E-state index < -0.39 is 0 Å². The molecule has 0 spiro atoms. The first kappa shape index (κ1) is 10.9. The Bertz CT molecular complexity index is 164. The lowest BCUT2D eigenvalue weighted by atomic mass is 10.1. The summed E-state index contributed by atoms with van der Waals surface area (Å²) in [5.74, 6) is 3.04. The molecule has 0 radical (unpaired) electrons. The molecule has 1 saturated heterocycles. The van der Waals surface area contributed by atoms with Crippen LogP contribution < -0.4 is 5.73 Å². The maximum atomic E-state index is 7.32. The molecule has 76 valence electrons. The molecule has 1 heterocycles. The Morgan fingerprint density at radius 2 is 2.31 bits per heavy atom. The molecule has 0 bridgehead atoms. The summed E-state index contributed by atoms with van der Waals surface area (Å²) in [5, 5.41) is 7.32. The van der Waals surface area contributed by atoms with Gasteiger partial charge in [-0.1, -0.05) is 6.92 Å². The van der Waals surface area contributed by atoms with E-state index in [1.165, 1.54) is 24.5 Å². The molecule has 1 rings (SSSR count). The summed E-state index contributed by atoms with van der Waals surface area (Å²) in [7, 11) is 0. The van der Waals surface area contributed by atoms with Gasteiger partial charge in [-0.2, -0.15) is 11.8 Å². The standard InChI is InChI=1S/C9H19N3S/c1-8(9(10)11)7-12-3-2-5-13-6-4-12/h8H,2-7H2,1H3,(H3,10,11). The minimum Gasteiger partial charge on any atom is -0.387 e. The summed E-state index contributed by atoms with van der Waals surface area (Å²) >= 11 is 2.03. The zero-order valence-corrected chi connectivity index (χ0v) is 9.07. The van der Waals surface area contributed by atoms with Crippen LogP contribution in [0.25, 0.3) is 0 Å². The summed E-state index contributed by atoms with van der Waals surface area (Å²) in [6.45, 7) is 5.31. The average Bonchev–Trinajstić information content (AvgIpc) is 2.32. The number of nitrogens with zero attached hydrogens (tertiary/aromatic N) is 1. The van der Waals surface area contributed by atoms with E-state index in [-0.39, 0.29) is 5.92 Å². The molecule has 0 saturated carbocycles. The Hall–Kier alpha value is -0.220. The van der Waals surface area contributed by atoms with E-state index in [0.717, 1.165) is 13.1 Å². The topological polar surface area (TPSA) is 53.1 Å². The van der Waals surface area contributed by atoms with Crippen LogP contribution in [-0.4, -0.2) is 41.9 Å². The molecule has 1 aliphatic rings. The molecule has 1 fully saturated rings. The largest absolute Gasteiger partial charge is 0.387 e. The fraction of sp³-hybridized carbons (Fsp3) is 0.889. The van der Waals surface area contributed by atoms with Crippen molar-refractivity contribution in [2.45, 2.75) is 13.3 Å². The van der Waals surface area contributed by atoms with E-state index >= 15 is 0 Å². The van der Waals surface area contributed by atoms with Crippen LogP contribution in [0.4, 0.5) is 0 Å². The minimum atomic E-state index is 0.211. The SMILES string of the molecule is CC(CN1CCCSCC1)C(=N)N. The zero-order chi connectivity index (χ0) is 9.68. The number of nitrogens with one attached hydrogen (secondary N) is 1. The number of rotatable bonds is 3. The maximum Gasteiger partial charge on any atom is 0.0947 e. The third kappa shape index (κ3) is 4.00. The van der Waals surface area contributed by atoms with Crippen molar-refractivity contribution in [2.24, 2.45) is 11.7 Å². The summed E-state index contributed by atoms with van der Waals surface area (Å²) in [6.07, 6.45) is 1.27. The molecule has 1 atom stereocenters. The van der Waals surface area contributed by atoms with Crippen molar-refractivity contribution in [3.05, 3.63) is 0 Å². The minimum absolute atomic E-state index is 0.211. The number of hydrogen-bond acceptors (Lipinski definition) is 3. The van der Waals surface area contributed by atoms with Crippen LogP contribution in [0.5, 0.6) is 0 Å². The highest BCUT2D eigenvalue weighted by atomic mass is 32.2. The van der Waals surface area contributed by atoms with Gasteiger partial charge in [-0.3, -0.25) is 5.41 Å². The number of amidine groups is 1. The summed E-state index contributed by atoms with van der Waals surface area (Å²) in [6, 6.07) is 0. The van der Waals surface area contributed by atoms with E-state index in [0.29, 0.717) is 5.84 Å². The first-order valence-electron chi connectivity index (χ1n) is 4.84. The van der Waals surface area contributed by atoms with Crippen molar-refractivity contribution < 1.29 is 0 Å². The van der Waals surface area contributed by atoms with Crippen LogP contribution in [0, 0.1) is 11.3 Å². The Morgan fingerprint density at radius 3 is 3.00 bits per heavy atom. The van der Waals surface area contributed by atoms with Gasteiger partial charge >= 0.3 is 0 Å². The fourth-order valence-electron chi connectivity index (χ4n) is 1.47. The second-order valence-electron chi connectivity index (χ2n) is 3.62. The predicted molar refractivity (Wildman–Crippen MR) is 59.5 cm³/mol. The first-order valence-corrected chi connectivity index (χ1v) is 5.99. The van der Waals surface area contributed by atoms with Crippen molar-refractivity contribution in [3.63, 3.8) is 0 Å². The molecule has 1 unspecified atom stereocenters. The molecule has 0 aromatic rings. The van der Waals surface area contributed by atoms with Crippen LogP contribution in [0.15, 0.2) is 0 Å². The summed E-state index contributed by atoms with van der Waals surface area (Å²) < 4.78 is 0. The van der Waals surface area contributed by atoms with Gasteiger partial charge in [0.25, 0.3) is 0 Å². The normalized spacial score (nSPS) is 22.2. The fourth-order valence-corrected chi connectivity index (χ4v) is 2.39. The predicted octanol–water partition coefficient (Wildman–Crippen LogP) is 0.997. The van der Waals surface area contributed by atoms with E-state index in [9.17, 15) is 0 Å². The monoisotopic (exact) mass is 201 g/mol. The summed E-state index contributed by atoms with van der Waals surface area (Å²) in [5.41, 5.74) is 5.44. The molecule has 4 heteroatoms. The van der Waals surface area contributed by atoms with Gasteiger partial charge in [-0.15, -0.1) is 0 Å². The lowest BCUT2D eigenvalue weighted by molar-refractivity contribution is 0.278. The number of thioether (sulfide) groups is 1. The lowest BCUT2D eigenvalue weighted by Crippen LogP contribution is -2.35. The maximum absolute atomic E-state index is 7.32. The molecule has 13 heavy (non-hydrogen) atoms. The lowest BCUT2D eigenvalue weighted by Gasteiger charge is -2.22. The molecular weight excluding hydrogens is 182 g/mol. The number of hydrogen-bond donors (Lipinski definition) is 2. The average molecular weight is 201 g/mol. The molecule has 0 amide bonds. The smallest absolute Gasteiger partial charge is 0.0947 e. The van der Waals surface area contributed by atoms with Gasteiger partial charge in [0.15, 0.2) is 0 Å². The third-order valence-electron chi connectivity index (χ3n) is 2.38. The van der Waals surface area contributed by atoms with E-state index in [1.54, 1.807) is 0 Å². The van der Waals surface area contributed by atoms with Gasteiger partial charge in [0.05, 0.1) is 5.84 Å². The van der Waals surface area contributed by atoms with Gasteiger partial charge in [-0.25, -0.2) is 0 Å². The van der Waals surface area contributed by atoms with Crippen LogP contribution >= 0.6 is 11.8 Å². The van der Waals surface area contributed by atoms with Gasteiger partial charge in [0, 0.05) is 24.8 Å². The van der Waals surface area contributed by atoms with Gasteiger partial charge in [0.1, 0.15) is 0 Å². The van der Waals surface area contributed by atoms with E-state index in [2.05, 4.69) is 4.90 Å². The Labute approximate surface area is 84.6 Å². The van der Waals surface area contributed by atoms with E-state index in [1.807, 2.05) is 18.7 Å². The quantitative estimate of drug-likeness (QED) is 0.529. The van der Waals surface area contributed by atoms with Crippen LogP contribution in [0.3, 0.4) is 0 Å². The van der Waals surface area contributed by atoms with Crippen molar-refractivity contribution >= 4 is 17.6 Å². The second-order valence-corrected chi connectivity index (χ2v) is 4.85. The highest BCUT2D eigenvalue weighted by Crippen LogP contribution is 2.11. The summed E-state index contributed by atoms with van der Waals surface area (Å²) in [4.78, 5) is 2.42. The Balaban J connectivity index is 2.29. The van der Waals surface area contributed by atoms with Gasteiger partial charge in [-0.05, 0) is 18.7 Å². The highest BCUT2D eigenvalue weighted by molar-refractivity contribution is 7.99. The number of nitrogens with two attached hydrogens (primary N) is 1. The van der Waals surface area contributed by atoms with Gasteiger partial charge in [0.2, 0.25) is 0 Å². The third-order valence-corrected chi connectivity index (χ3v) is 3.43. The Kier molecular flexibility index (Phi) is 4.59. The van der Waals surface area contributed by atoms with Crippen LogP contribution in [-0.2, 0) is 0 Å². The molecular formula is C9H19N3S. The highest BCUT2D eigenvalue weighted by Gasteiger charge is 2.13.